The average Bonchev–Trinajstić information content (AvgIpc) is 3.27. The number of fused-ring (bicyclic) bond motifs is 3. The molecule has 4 nitrogen and oxygen atoms in total. The van der Waals surface area contributed by atoms with Gasteiger partial charge in [-0.05, 0) is 37.8 Å². The fraction of sp³-hybridized carbons (Fsp3) is 0.667. The first kappa shape index (κ1) is 16.6. The summed E-state index contributed by atoms with van der Waals surface area (Å²) >= 11 is 3.74. The zero-order chi connectivity index (χ0) is 17.3. The lowest BCUT2D eigenvalue weighted by molar-refractivity contribution is -0.132. The standard InChI is InChI=1S/C18H24N2O2S2/c1-5-13-11(3)17(19(15(13)21)7-9-23-17)18-12(4)14(6-2)16(22)20(18)8-10-24-18/h5-10H2,1-4H3. The Hall–Kier alpha value is -0.880. The average molecular weight is 365 g/mol. The van der Waals surface area contributed by atoms with Gasteiger partial charge >= 0.3 is 0 Å². The van der Waals surface area contributed by atoms with E-state index < -0.39 is 9.74 Å². The summed E-state index contributed by atoms with van der Waals surface area (Å²) in [5, 5.41) is 0. The second-order valence-electron chi connectivity index (χ2n) is 6.81. The number of hydrogen-bond acceptors (Lipinski definition) is 4. The van der Waals surface area contributed by atoms with Crippen molar-refractivity contribution in [1.82, 2.24) is 9.80 Å². The first-order chi connectivity index (χ1) is 11.5. The van der Waals surface area contributed by atoms with Crippen LogP contribution in [-0.4, -0.2) is 56.0 Å². The highest BCUT2D eigenvalue weighted by molar-refractivity contribution is 8.05. The Labute approximate surface area is 152 Å². The van der Waals surface area contributed by atoms with E-state index in [0.29, 0.717) is 0 Å². The third kappa shape index (κ3) is 1.56. The van der Waals surface area contributed by atoms with Crippen molar-refractivity contribution in [3.8, 4) is 0 Å². The van der Waals surface area contributed by atoms with E-state index in [1.54, 1.807) is 0 Å². The van der Waals surface area contributed by atoms with Crippen molar-refractivity contribution in [1.29, 1.82) is 0 Å². The van der Waals surface area contributed by atoms with Crippen molar-refractivity contribution in [2.75, 3.05) is 24.6 Å². The number of carbonyl (C=O) groups excluding carboxylic acids is 2. The van der Waals surface area contributed by atoms with Crippen LogP contribution in [0.3, 0.4) is 0 Å². The molecule has 0 spiro atoms. The van der Waals surface area contributed by atoms with Crippen LogP contribution in [0.2, 0.25) is 0 Å². The summed E-state index contributed by atoms with van der Waals surface area (Å²) in [6, 6.07) is 0. The van der Waals surface area contributed by atoms with E-state index in [1.807, 2.05) is 23.5 Å². The van der Waals surface area contributed by atoms with Gasteiger partial charge in [0.2, 0.25) is 0 Å². The van der Waals surface area contributed by atoms with Gasteiger partial charge in [0, 0.05) is 35.7 Å². The largest absolute Gasteiger partial charge is 0.316 e. The summed E-state index contributed by atoms with van der Waals surface area (Å²) in [4.78, 5) is 29.4. The summed E-state index contributed by atoms with van der Waals surface area (Å²) in [7, 11) is 0. The number of nitrogens with zero attached hydrogens (tertiary/aromatic N) is 2. The lowest BCUT2D eigenvalue weighted by Gasteiger charge is -2.49. The summed E-state index contributed by atoms with van der Waals surface area (Å²) in [6.45, 7) is 9.95. The Morgan fingerprint density at radius 2 is 1.21 bits per heavy atom. The zero-order valence-corrected chi connectivity index (χ0v) is 16.4. The molecule has 6 heteroatoms. The fourth-order valence-corrected chi connectivity index (χ4v) is 8.86. The van der Waals surface area contributed by atoms with Crippen LogP contribution in [0.15, 0.2) is 22.3 Å². The van der Waals surface area contributed by atoms with E-state index in [9.17, 15) is 9.59 Å². The molecule has 0 saturated carbocycles. The van der Waals surface area contributed by atoms with Crippen molar-refractivity contribution in [3.05, 3.63) is 22.3 Å². The van der Waals surface area contributed by atoms with Gasteiger partial charge in [0.1, 0.15) is 9.74 Å². The topological polar surface area (TPSA) is 40.6 Å². The highest BCUT2D eigenvalue weighted by atomic mass is 32.2. The predicted molar refractivity (Wildman–Crippen MR) is 99.8 cm³/mol. The Bertz CT molecular complexity index is 654. The molecule has 24 heavy (non-hydrogen) atoms. The Morgan fingerprint density at radius 3 is 1.54 bits per heavy atom. The van der Waals surface area contributed by atoms with Crippen LogP contribution >= 0.6 is 23.5 Å². The van der Waals surface area contributed by atoms with Crippen LogP contribution in [0.4, 0.5) is 0 Å². The molecule has 4 heterocycles. The number of hydrogen-bond donors (Lipinski definition) is 0. The summed E-state index contributed by atoms with van der Waals surface area (Å²) in [5.74, 6) is 2.26. The van der Waals surface area contributed by atoms with Crippen LogP contribution in [0, 0.1) is 0 Å². The molecule has 0 aliphatic carbocycles. The van der Waals surface area contributed by atoms with Crippen molar-refractivity contribution >= 4 is 35.3 Å². The molecule has 0 N–H and O–H groups in total. The molecule has 4 rings (SSSR count). The van der Waals surface area contributed by atoms with Crippen LogP contribution in [-0.2, 0) is 9.59 Å². The number of rotatable bonds is 3. The minimum Gasteiger partial charge on any atom is -0.316 e. The molecule has 0 radical (unpaired) electrons. The van der Waals surface area contributed by atoms with Gasteiger partial charge in [-0.2, -0.15) is 0 Å². The van der Waals surface area contributed by atoms with E-state index in [0.717, 1.165) is 48.6 Å². The normalized spacial score (nSPS) is 35.7. The molecule has 0 aromatic rings. The van der Waals surface area contributed by atoms with Gasteiger partial charge < -0.3 is 9.80 Å². The number of thioether (sulfide) groups is 2. The quantitative estimate of drug-likeness (QED) is 0.772. The molecule has 2 unspecified atom stereocenters. The SMILES string of the molecule is CCC1=C(C)C2(C34SCCN3C(=O)C(CC)=C4C)SCCN2C1=O. The van der Waals surface area contributed by atoms with E-state index in [2.05, 4.69) is 37.5 Å². The third-order valence-corrected chi connectivity index (χ3v) is 9.49. The van der Waals surface area contributed by atoms with Gasteiger partial charge in [-0.1, -0.05) is 13.8 Å². The van der Waals surface area contributed by atoms with Gasteiger partial charge in [-0.25, -0.2) is 0 Å². The maximum atomic E-state index is 13.0. The molecule has 130 valence electrons. The Balaban J connectivity index is 2.00. The molecule has 2 fully saturated rings. The van der Waals surface area contributed by atoms with Gasteiger partial charge in [0.25, 0.3) is 11.8 Å². The van der Waals surface area contributed by atoms with Crippen molar-refractivity contribution in [3.63, 3.8) is 0 Å². The molecule has 0 aromatic heterocycles. The lowest BCUT2D eigenvalue weighted by Crippen LogP contribution is -2.62. The first-order valence-electron chi connectivity index (χ1n) is 8.79. The molecule has 0 bridgehead atoms. The summed E-state index contributed by atoms with van der Waals surface area (Å²) in [5.41, 5.74) is 4.27. The Morgan fingerprint density at radius 1 is 0.833 bits per heavy atom. The minimum absolute atomic E-state index is 0.187. The van der Waals surface area contributed by atoms with E-state index in [1.165, 1.54) is 11.1 Å². The third-order valence-electron chi connectivity index (χ3n) is 6.11. The fourth-order valence-electron chi connectivity index (χ4n) is 5.11. The maximum absolute atomic E-state index is 13.0. The highest BCUT2D eigenvalue weighted by Gasteiger charge is 2.71. The van der Waals surface area contributed by atoms with Crippen molar-refractivity contribution in [2.24, 2.45) is 0 Å². The highest BCUT2D eigenvalue weighted by Crippen LogP contribution is 2.66. The zero-order valence-electron chi connectivity index (χ0n) is 14.8. The van der Waals surface area contributed by atoms with Crippen molar-refractivity contribution < 1.29 is 9.59 Å². The monoisotopic (exact) mass is 364 g/mol. The predicted octanol–water partition coefficient (Wildman–Crippen LogP) is 3.01. The van der Waals surface area contributed by atoms with E-state index in [-0.39, 0.29) is 11.8 Å². The van der Waals surface area contributed by atoms with E-state index in [4.69, 9.17) is 0 Å². The van der Waals surface area contributed by atoms with Gasteiger partial charge in [-0.15, -0.1) is 23.5 Å². The summed E-state index contributed by atoms with van der Waals surface area (Å²) < 4.78 is 0. The summed E-state index contributed by atoms with van der Waals surface area (Å²) in [6.07, 6.45) is 1.53. The Kier molecular flexibility index (Phi) is 3.67. The van der Waals surface area contributed by atoms with Gasteiger partial charge in [0.15, 0.2) is 0 Å². The molecule has 2 amide bonds. The molecule has 0 aromatic carbocycles. The maximum Gasteiger partial charge on any atom is 0.251 e. The first-order valence-corrected chi connectivity index (χ1v) is 10.8. The molecular formula is C18H24N2O2S2. The smallest absolute Gasteiger partial charge is 0.251 e. The molecule has 2 saturated heterocycles. The van der Waals surface area contributed by atoms with Crippen LogP contribution < -0.4 is 0 Å². The molecule has 4 aliphatic rings. The molecule has 4 aliphatic heterocycles. The second kappa shape index (κ2) is 5.31. The van der Waals surface area contributed by atoms with Crippen LogP contribution in [0.1, 0.15) is 40.5 Å². The second-order valence-corrected chi connectivity index (χ2v) is 9.39. The molecular weight excluding hydrogens is 340 g/mol. The van der Waals surface area contributed by atoms with Crippen LogP contribution in [0.5, 0.6) is 0 Å². The van der Waals surface area contributed by atoms with E-state index >= 15 is 0 Å². The van der Waals surface area contributed by atoms with Gasteiger partial charge in [0.05, 0.1) is 0 Å². The lowest BCUT2D eigenvalue weighted by atomic mass is 9.91. The number of amides is 2. The van der Waals surface area contributed by atoms with Crippen LogP contribution in [0.25, 0.3) is 0 Å². The molecule has 2 atom stereocenters. The minimum atomic E-state index is -0.409. The van der Waals surface area contributed by atoms with Crippen molar-refractivity contribution in [2.45, 2.75) is 50.3 Å². The number of carbonyl (C=O) groups is 2. The van der Waals surface area contributed by atoms with Gasteiger partial charge in [-0.3, -0.25) is 9.59 Å².